The van der Waals surface area contributed by atoms with Crippen molar-refractivity contribution in [3.8, 4) is 0 Å². The standard InChI is InChI=1S/C15H15F3N2OS/c16-15(17,18)12-3-1-11(2-4-12)14-9-20(5-6-21-14)8-13-7-19-10-22-13/h1-4,7,10,14H,5-6,8-9H2/t14-/m1/s1. The van der Waals surface area contributed by atoms with Gasteiger partial charge in [0.15, 0.2) is 0 Å². The second-order valence-corrected chi connectivity index (χ2v) is 6.15. The van der Waals surface area contributed by atoms with Crippen LogP contribution in [0.2, 0.25) is 0 Å². The maximum Gasteiger partial charge on any atom is 0.416 e. The molecule has 1 aromatic carbocycles. The highest BCUT2D eigenvalue weighted by Gasteiger charge is 2.30. The summed E-state index contributed by atoms with van der Waals surface area (Å²) in [4.78, 5) is 7.46. The summed E-state index contributed by atoms with van der Waals surface area (Å²) < 4.78 is 43.5. The third-order valence-corrected chi connectivity index (χ3v) is 4.39. The number of rotatable bonds is 3. The predicted molar refractivity (Wildman–Crippen MR) is 77.5 cm³/mol. The third-order valence-electron chi connectivity index (χ3n) is 3.62. The van der Waals surface area contributed by atoms with Crippen LogP contribution in [0, 0.1) is 0 Å². The summed E-state index contributed by atoms with van der Waals surface area (Å²) in [6.45, 7) is 2.86. The van der Waals surface area contributed by atoms with Gasteiger partial charge in [0.2, 0.25) is 0 Å². The Labute approximate surface area is 130 Å². The zero-order chi connectivity index (χ0) is 15.6. The second kappa shape index (κ2) is 6.36. The summed E-state index contributed by atoms with van der Waals surface area (Å²) >= 11 is 1.60. The van der Waals surface area contributed by atoms with Crippen LogP contribution in [0.1, 0.15) is 22.1 Å². The van der Waals surface area contributed by atoms with E-state index in [-0.39, 0.29) is 6.10 Å². The lowest BCUT2D eigenvalue weighted by atomic mass is 10.1. The maximum absolute atomic E-state index is 12.6. The molecule has 0 radical (unpaired) electrons. The minimum absolute atomic E-state index is 0.191. The number of halogens is 3. The van der Waals surface area contributed by atoms with E-state index in [2.05, 4.69) is 9.88 Å². The van der Waals surface area contributed by atoms with E-state index in [1.54, 1.807) is 16.8 Å². The van der Waals surface area contributed by atoms with Gasteiger partial charge in [0.05, 0.1) is 23.8 Å². The lowest BCUT2D eigenvalue weighted by Crippen LogP contribution is -2.37. The van der Waals surface area contributed by atoms with E-state index in [1.165, 1.54) is 17.0 Å². The summed E-state index contributed by atoms with van der Waals surface area (Å²) in [7, 11) is 0. The monoisotopic (exact) mass is 328 g/mol. The molecular formula is C15H15F3N2OS. The minimum atomic E-state index is -4.30. The fourth-order valence-corrected chi connectivity index (χ4v) is 3.11. The molecule has 1 aliphatic heterocycles. The van der Waals surface area contributed by atoms with Gasteiger partial charge in [0, 0.05) is 30.7 Å². The number of hydrogen-bond acceptors (Lipinski definition) is 4. The second-order valence-electron chi connectivity index (χ2n) is 5.18. The number of benzene rings is 1. The summed E-state index contributed by atoms with van der Waals surface area (Å²) in [6, 6.07) is 5.23. The summed E-state index contributed by atoms with van der Waals surface area (Å²) in [5.74, 6) is 0. The van der Waals surface area contributed by atoms with Crippen molar-refractivity contribution in [2.45, 2.75) is 18.8 Å². The molecule has 22 heavy (non-hydrogen) atoms. The molecule has 118 valence electrons. The molecule has 1 atom stereocenters. The largest absolute Gasteiger partial charge is 0.416 e. The molecule has 0 aliphatic carbocycles. The van der Waals surface area contributed by atoms with Crippen molar-refractivity contribution < 1.29 is 17.9 Å². The van der Waals surface area contributed by atoms with E-state index in [4.69, 9.17) is 4.74 Å². The molecular weight excluding hydrogens is 313 g/mol. The van der Waals surface area contributed by atoms with Gasteiger partial charge in [-0.25, -0.2) is 0 Å². The Balaban J connectivity index is 1.66. The summed E-state index contributed by atoms with van der Waals surface area (Å²) in [6.07, 6.45) is -2.65. The van der Waals surface area contributed by atoms with E-state index < -0.39 is 11.7 Å². The van der Waals surface area contributed by atoms with Crippen LogP contribution in [-0.4, -0.2) is 29.6 Å². The molecule has 7 heteroatoms. The van der Waals surface area contributed by atoms with Gasteiger partial charge in [0.1, 0.15) is 0 Å². The Kier molecular flexibility index (Phi) is 4.46. The average molecular weight is 328 g/mol. The first-order valence-electron chi connectivity index (χ1n) is 6.91. The smallest absolute Gasteiger partial charge is 0.371 e. The third kappa shape index (κ3) is 3.66. The zero-order valence-electron chi connectivity index (χ0n) is 11.7. The quantitative estimate of drug-likeness (QED) is 0.858. The number of aromatic nitrogens is 1. The van der Waals surface area contributed by atoms with Crippen LogP contribution in [0.4, 0.5) is 13.2 Å². The molecule has 3 rings (SSSR count). The van der Waals surface area contributed by atoms with Crippen LogP contribution < -0.4 is 0 Å². The first-order valence-corrected chi connectivity index (χ1v) is 7.79. The Morgan fingerprint density at radius 2 is 2.05 bits per heavy atom. The van der Waals surface area contributed by atoms with Crippen molar-refractivity contribution in [1.82, 2.24) is 9.88 Å². The van der Waals surface area contributed by atoms with Gasteiger partial charge < -0.3 is 4.74 Å². The van der Waals surface area contributed by atoms with Gasteiger partial charge in [-0.1, -0.05) is 12.1 Å². The van der Waals surface area contributed by atoms with Crippen molar-refractivity contribution in [3.05, 3.63) is 52.0 Å². The number of nitrogens with zero attached hydrogens (tertiary/aromatic N) is 2. The Bertz CT molecular complexity index is 598. The van der Waals surface area contributed by atoms with Crippen LogP contribution in [0.15, 0.2) is 36.0 Å². The van der Waals surface area contributed by atoms with E-state index in [0.717, 1.165) is 30.8 Å². The normalized spacial score (nSPS) is 20.2. The zero-order valence-corrected chi connectivity index (χ0v) is 12.5. The highest BCUT2D eigenvalue weighted by atomic mass is 32.1. The predicted octanol–water partition coefficient (Wildman–Crippen LogP) is 3.74. The lowest BCUT2D eigenvalue weighted by Gasteiger charge is -2.32. The van der Waals surface area contributed by atoms with Crippen molar-refractivity contribution in [2.24, 2.45) is 0 Å². The average Bonchev–Trinajstić information content (AvgIpc) is 3.00. The molecule has 2 aromatic rings. The fraction of sp³-hybridized carbons (Fsp3) is 0.400. The van der Waals surface area contributed by atoms with E-state index >= 15 is 0 Å². The van der Waals surface area contributed by atoms with E-state index in [0.29, 0.717) is 13.2 Å². The number of thiazole rings is 1. The Morgan fingerprint density at radius 1 is 1.27 bits per heavy atom. The van der Waals surface area contributed by atoms with Gasteiger partial charge >= 0.3 is 6.18 Å². The molecule has 0 amide bonds. The van der Waals surface area contributed by atoms with Crippen LogP contribution in [-0.2, 0) is 17.5 Å². The summed E-state index contributed by atoms with van der Waals surface area (Å²) in [5.41, 5.74) is 1.94. The molecule has 0 saturated carbocycles. The van der Waals surface area contributed by atoms with E-state index in [1.807, 2.05) is 6.20 Å². The van der Waals surface area contributed by atoms with Crippen molar-refractivity contribution in [3.63, 3.8) is 0 Å². The first kappa shape index (κ1) is 15.5. The van der Waals surface area contributed by atoms with Crippen molar-refractivity contribution in [2.75, 3.05) is 19.7 Å². The molecule has 1 saturated heterocycles. The SMILES string of the molecule is FC(F)(F)c1ccc([C@H]2CN(Cc3cncs3)CCO2)cc1. The summed E-state index contributed by atoms with van der Waals surface area (Å²) in [5, 5.41) is 0. The van der Waals surface area contributed by atoms with Crippen molar-refractivity contribution >= 4 is 11.3 Å². The van der Waals surface area contributed by atoms with Crippen LogP contribution in [0.5, 0.6) is 0 Å². The van der Waals surface area contributed by atoms with Crippen LogP contribution in [0.3, 0.4) is 0 Å². The number of ether oxygens (including phenoxy) is 1. The molecule has 0 spiro atoms. The molecule has 0 bridgehead atoms. The minimum Gasteiger partial charge on any atom is -0.371 e. The van der Waals surface area contributed by atoms with Gasteiger partial charge in [-0.3, -0.25) is 9.88 Å². The lowest BCUT2D eigenvalue weighted by molar-refractivity contribution is -0.137. The van der Waals surface area contributed by atoms with Gasteiger partial charge in [-0.15, -0.1) is 11.3 Å². The molecule has 2 heterocycles. The molecule has 3 nitrogen and oxygen atoms in total. The van der Waals surface area contributed by atoms with E-state index in [9.17, 15) is 13.2 Å². The highest BCUT2D eigenvalue weighted by molar-refractivity contribution is 7.09. The molecule has 0 unspecified atom stereocenters. The van der Waals surface area contributed by atoms with Gasteiger partial charge in [0.25, 0.3) is 0 Å². The molecule has 0 N–H and O–H groups in total. The molecule has 1 fully saturated rings. The first-order chi connectivity index (χ1) is 10.5. The van der Waals surface area contributed by atoms with Crippen molar-refractivity contribution in [1.29, 1.82) is 0 Å². The molecule has 1 aromatic heterocycles. The van der Waals surface area contributed by atoms with Gasteiger partial charge in [-0.2, -0.15) is 13.2 Å². The Hall–Kier alpha value is -1.44. The Morgan fingerprint density at radius 3 is 2.68 bits per heavy atom. The maximum atomic E-state index is 12.6. The number of morpholine rings is 1. The van der Waals surface area contributed by atoms with Crippen LogP contribution >= 0.6 is 11.3 Å². The fourth-order valence-electron chi connectivity index (χ4n) is 2.48. The van der Waals surface area contributed by atoms with Gasteiger partial charge in [-0.05, 0) is 17.7 Å². The highest BCUT2D eigenvalue weighted by Crippen LogP contribution is 2.31. The van der Waals surface area contributed by atoms with Crippen LogP contribution in [0.25, 0.3) is 0 Å². The number of alkyl halides is 3. The number of hydrogen-bond donors (Lipinski definition) is 0. The topological polar surface area (TPSA) is 25.4 Å². The molecule has 1 aliphatic rings.